The van der Waals surface area contributed by atoms with E-state index in [2.05, 4.69) is 18.8 Å². The lowest BCUT2D eigenvalue weighted by Gasteiger charge is -2.27. The van der Waals surface area contributed by atoms with Crippen molar-refractivity contribution in [2.24, 2.45) is 5.73 Å². The van der Waals surface area contributed by atoms with E-state index in [4.69, 9.17) is 5.73 Å². The first-order valence-electron chi connectivity index (χ1n) is 6.50. The summed E-state index contributed by atoms with van der Waals surface area (Å²) in [6, 6.07) is 0. The molecule has 0 bridgehead atoms. The Balaban J connectivity index is 2.23. The number of thiazole rings is 1. The monoisotopic (exact) mass is 274 g/mol. The summed E-state index contributed by atoms with van der Waals surface area (Å²) in [6.45, 7) is 4.58. The van der Waals surface area contributed by atoms with Crippen LogP contribution in [0.25, 0.3) is 0 Å². The fourth-order valence-corrected chi connectivity index (χ4v) is 3.77. The zero-order valence-electron chi connectivity index (χ0n) is 10.9. The molecule has 1 unspecified atom stereocenters. The Bertz CT molecular complexity index is 415. The largest absolute Gasteiger partial charge is 0.326 e. The minimum atomic E-state index is -2.52. The molecule has 0 radical (unpaired) electrons. The fraction of sp³-hybridized carbons (Fsp3) is 0.769. The van der Waals surface area contributed by atoms with Crippen LogP contribution in [0.5, 0.6) is 0 Å². The fourth-order valence-electron chi connectivity index (χ4n) is 2.54. The van der Waals surface area contributed by atoms with Crippen molar-refractivity contribution in [2.45, 2.75) is 63.8 Å². The molecule has 18 heavy (non-hydrogen) atoms. The Labute approximate surface area is 111 Å². The summed E-state index contributed by atoms with van der Waals surface area (Å²) in [5.74, 6) is -2.30. The van der Waals surface area contributed by atoms with Crippen molar-refractivity contribution in [1.29, 1.82) is 0 Å². The van der Waals surface area contributed by atoms with Crippen LogP contribution in [0.1, 0.15) is 66.9 Å². The van der Waals surface area contributed by atoms with Gasteiger partial charge in [-0.2, -0.15) is 0 Å². The zero-order chi connectivity index (χ0) is 13.3. The van der Waals surface area contributed by atoms with Crippen LogP contribution in [0.4, 0.5) is 8.78 Å². The number of nitrogens with zero attached hydrogens (tertiary/aromatic N) is 1. The van der Waals surface area contributed by atoms with Gasteiger partial charge in [-0.1, -0.05) is 13.8 Å². The first kappa shape index (κ1) is 13.9. The third-order valence-corrected chi connectivity index (χ3v) is 4.72. The van der Waals surface area contributed by atoms with E-state index in [1.54, 1.807) is 0 Å². The molecular weight excluding hydrogens is 254 g/mol. The van der Waals surface area contributed by atoms with Gasteiger partial charge in [0.25, 0.3) is 0 Å². The van der Waals surface area contributed by atoms with Crippen LogP contribution in [0.15, 0.2) is 0 Å². The van der Waals surface area contributed by atoms with Crippen LogP contribution < -0.4 is 5.73 Å². The second kappa shape index (κ2) is 5.21. The van der Waals surface area contributed by atoms with Gasteiger partial charge in [0.2, 0.25) is 5.92 Å². The van der Waals surface area contributed by atoms with Crippen LogP contribution in [-0.2, 0) is 6.54 Å². The van der Waals surface area contributed by atoms with Gasteiger partial charge in [0.15, 0.2) is 0 Å². The molecule has 1 aromatic heterocycles. The van der Waals surface area contributed by atoms with E-state index in [1.165, 1.54) is 11.3 Å². The Kier molecular flexibility index (Phi) is 4.02. The van der Waals surface area contributed by atoms with Crippen LogP contribution in [0.2, 0.25) is 0 Å². The Morgan fingerprint density at radius 2 is 2.22 bits per heavy atom. The van der Waals surface area contributed by atoms with Crippen molar-refractivity contribution >= 4 is 11.3 Å². The highest BCUT2D eigenvalue weighted by atomic mass is 32.1. The van der Waals surface area contributed by atoms with Crippen molar-refractivity contribution in [3.8, 4) is 0 Å². The molecule has 1 atom stereocenters. The highest BCUT2D eigenvalue weighted by Crippen LogP contribution is 2.43. The van der Waals surface area contributed by atoms with Crippen LogP contribution >= 0.6 is 11.3 Å². The molecule has 5 heteroatoms. The Morgan fingerprint density at radius 3 is 2.72 bits per heavy atom. The minimum Gasteiger partial charge on any atom is -0.326 e. The standard InChI is InChI=1S/C13H20F2N2S/c1-8(2)11-10(7-16)18-12(17-11)9-4-3-5-13(14,15)6-9/h8-9H,3-7,16H2,1-2H3. The summed E-state index contributed by atoms with van der Waals surface area (Å²) >= 11 is 1.53. The first-order valence-corrected chi connectivity index (χ1v) is 7.32. The Morgan fingerprint density at radius 1 is 1.50 bits per heavy atom. The number of alkyl halides is 2. The predicted octanol–water partition coefficient (Wildman–Crippen LogP) is 4.02. The zero-order valence-corrected chi connectivity index (χ0v) is 11.7. The Hall–Kier alpha value is -0.550. The number of aromatic nitrogens is 1. The second-order valence-corrected chi connectivity index (χ2v) is 6.48. The second-order valence-electron chi connectivity index (χ2n) is 5.37. The highest BCUT2D eigenvalue weighted by Gasteiger charge is 2.38. The molecular formula is C13H20F2N2S. The van der Waals surface area contributed by atoms with Gasteiger partial charge in [-0.05, 0) is 18.8 Å². The van der Waals surface area contributed by atoms with Gasteiger partial charge in [0, 0.05) is 30.2 Å². The molecule has 1 heterocycles. The van der Waals surface area contributed by atoms with Crippen molar-refractivity contribution in [3.05, 3.63) is 15.6 Å². The number of rotatable bonds is 3. The van der Waals surface area contributed by atoms with Crippen LogP contribution in [-0.4, -0.2) is 10.9 Å². The molecule has 1 aromatic rings. The van der Waals surface area contributed by atoms with Crippen LogP contribution in [0, 0.1) is 0 Å². The molecule has 2 rings (SSSR count). The van der Waals surface area contributed by atoms with Gasteiger partial charge in [0.1, 0.15) is 0 Å². The number of hydrogen-bond donors (Lipinski definition) is 1. The van der Waals surface area contributed by atoms with E-state index >= 15 is 0 Å². The van der Waals surface area contributed by atoms with Crippen molar-refractivity contribution < 1.29 is 8.78 Å². The lowest BCUT2D eigenvalue weighted by molar-refractivity contribution is -0.0408. The maximum Gasteiger partial charge on any atom is 0.248 e. The average Bonchev–Trinajstić information content (AvgIpc) is 2.71. The molecule has 1 aliphatic rings. The van der Waals surface area contributed by atoms with E-state index in [-0.39, 0.29) is 18.8 Å². The third kappa shape index (κ3) is 2.88. The normalized spacial score (nSPS) is 23.6. The first-order chi connectivity index (χ1) is 8.43. The molecule has 0 spiro atoms. The number of hydrogen-bond acceptors (Lipinski definition) is 3. The molecule has 0 aromatic carbocycles. The summed E-state index contributed by atoms with van der Waals surface area (Å²) in [5, 5.41) is 0.860. The van der Waals surface area contributed by atoms with E-state index < -0.39 is 5.92 Å². The SMILES string of the molecule is CC(C)c1nc(C2CCCC(F)(F)C2)sc1CN. The quantitative estimate of drug-likeness (QED) is 0.904. The molecule has 1 fully saturated rings. The summed E-state index contributed by atoms with van der Waals surface area (Å²) in [6.07, 6.45) is 1.38. The van der Waals surface area contributed by atoms with Gasteiger partial charge in [0.05, 0.1) is 10.7 Å². The smallest absolute Gasteiger partial charge is 0.248 e. The van der Waals surface area contributed by atoms with E-state index in [0.29, 0.717) is 18.9 Å². The lowest BCUT2D eigenvalue weighted by atomic mass is 9.87. The van der Waals surface area contributed by atoms with Crippen LogP contribution in [0.3, 0.4) is 0 Å². The van der Waals surface area contributed by atoms with Crippen molar-refractivity contribution in [1.82, 2.24) is 4.98 Å². The minimum absolute atomic E-state index is 0.0235. The molecule has 0 aliphatic heterocycles. The molecule has 102 valence electrons. The lowest BCUT2D eigenvalue weighted by Crippen LogP contribution is -2.24. The molecule has 0 saturated heterocycles. The van der Waals surface area contributed by atoms with Gasteiger partial charge >= 0.3 is 0 Å². The average molecular weight is 274 g/mol. The summed E-state index contributed by atoms with van der Waals surface area (Å²) in [7, 11) is 0. The van der Waals surface area contributed by atoms with Gasteiger partial charge < -0.3 is 5.73 Å². The summed E-state index contributed by atoms with van der Waals surface area (Å²) in [4.78, 5) is 5.62. The molecule has 2 N–H and O–H groups in total. The van der Waals surface area contributed by atoms with E-state index in [1.807, 2.05) is 0 Å². The summed E-state index contributed by atoms with van der Waals surface area (Å²) in [5.41, 5.74) is 6.70. The number of nitrogens with two attached hydrogens (primary N) is 1. The van der Waals surface area contributed by atoms with Gasteiger partial charge in [-0.15, -0.1) is 11.3 Å². The predicted molar refractivity (Wildman–Crippen MR) is 70.3 cm³/mol. The van der Waals surface area contributed by atoms with E-state index in [9.17, 15) is 8.78 Å². The van der Waals surface area contributed by atoms with E-state index in [0.717, 1.165) is 22.0 Å². The molecule has 1 aliphatic carbocycles. The topological polar surface area (TPSA) is 38.9 Å². The maximum atomic E-state index is 13.4. The van der Waals surface area contributed by atoms with Gasteiger partial charge in [-0.3, -0.25) is 0 Å². The molecule has 0 amide bonds. The van der Waals surface area contributed by atoms with Crippen molar-refractivity contribution in [2.75, 3.05) is 0 Å². The maximum absolute atomic E-state index is 13.4. The molecule has 1 saturated carbocycles. The number of halogens is 2. The highest BCUT2D eigenvalue weighted by molar-refractivity contribution is 7.11. The third-order valence-electron chi connectivity index (χ3n) is 3.47. The summed E-state index contributed by atoms with van der Waals surface area (Å²) < 4.78 is 26.9. The van der Waals surface area contributed by atoms with Crippen molar-refractivity contribution in [3.63, 3.8) is 0 Å². The molecule has 2 nitrogen and oxygen atoms in total. The van der Waals surface area contributed by atoms with Gasteiger partial charge in [-0.25, -0.2) is 13.8 Å².